The Morgan fingerprint density at radius 3 is 2.83 bits per heavy atom. The van der Waals surface area contributed by atoms with Crippen LogP contribution >= 0.6 is 0 Å². The van der Waals surface area contributed by atoms with Gasteiger partial charge in [0.1, 0.15) is 0 Å². The first-order valence-electron chi connectivity index (χ1n) is 5.22. The lowest BCUT2D eigenvalue weighted by molar-refractivity contribution is -0.384. The number of nitrogens with one attached hydrogen (secondary N) is 1. The smallest absolute Gasteiger partial charge is 0.287 e. The molecule has 6 nitrogen and oxygen atoms in total. The molecular formula is C12H10N2O4. The van der Waals surface area contributed by atoms with Crippen molar-refractivity contribution >= 4 is 11.6 Å². The first kappa shape index (κ1) is 11.8. The van der Waals surface area contributed by atoms with Crippen LogP contribution in [-0.4, -0.2) is 10.8 Å². The molecule has 0 spiro atoms. The summed E-state index contributed by atoms with van der Waals surface area (Å²) in [5.74, 6) is -0.146. The van der Waals surface area contributed by atoms with Crippen LogP contribution < -0.4 is 5.32 Å². The van der Waals surface area contributed by atoms with E-state index in [1.165, 1.54) is 18.4 Å². The molecule has 1 heterocycles. The van der Waals surface area contributed by atoms with Gasteiger partial charge in [-0.15, -0.1) is 0 Å². The molecule has 0 aliphatic carbocycles. The molecule has 1 aromatic carbocycles. The minimum atomic E-state index is -0.474. The molecule has 0 aliphatic heterocycles. The Labute approximate surface area is 102 Å². The molecule has 0 fully saturated rings. The molecule has 1 aromatic heterocycles. The predicted octanol–water partition coefficient (Wildman–Crippen LogP) is 2.12. The maximum atomic E-state index is 11.6. The van der Waals surface area contributed by atoms with Crippen LogP contribution in [0.25, 0.3) is 0 Å². The molecule has 2 rings (SSSR count). The zero-order valence-electron chi connectivity index (χ0n) is 9.33. The lowest BCUT2D eigenvalue weighted by Gasteiger charge is -2.03. The van der Waals surface area contributed by atoms with Gasteiger partial charge in [-0.3, -0.25) is 14.9 Å². The van der Waals surface area contributed by atoms with Gasteiger partial charge in [0.2, 0.25) is 0 Å². The predicted molar refractivity (Wildman–Crippen MR) is 63.0 cm³/mol. The van der Waals surface area contributed by atoms with Gasteiger partial charge < -0.3 is 9.73 Å². The number of nitro groups is 1. The first-order valence-corrected chi connectivity index (χ1v) is 5.22. The summed E-state index contributed by atoms with van der Waals surface area (Å²) in [5.41, 5.74) is 0.656. The van der Waals surface area contributed by atoms with Crippen LogP contribution in [-0.2, 0) is 6.54 Å². The fourth-order valence-corrected chi connectivity index (χ4v) is 1.46. The first-order chi connectivity index (χ1) is 8.66. The second-order valence-electron chi connectivity index (χ2n) is 3.59. The number of hydrogen-bond donors (Lipinski definition) is 1. The van der Waals surface area contributed by atoms with Gasteiger partial charge in [0, 0.05) is 18.7 Å². The Morgan fingerprint density at radius 2 is 2.17 bits per heavy atom. The largest absolute Gasteiger partial charge is 0.459 e. The lowest BCUT2D eigenvalue weighted by atomic mass is 10.2. The van der Waals surface area contributed by atoms with Crippen molar-refractivity contribution in [3.63, 3.8) is 0 Å². The van der Waals surface area contributed by atoms with E-state index < -0.39 is 4.92 Å². The van der Waals surface area contributed by atoms with Crippen molar-refractivity contribution in [2.45, 2.75) is 6.54 Å². The number of carbonyl (C=O) groups is 1. The van der Waals surface area contributed by atoms with E-state index in [2.05, 4.69) is 5.32 Å². The Bertz CT molecular complexity index is 563. The van der Waals surface area contributed by atoms with Crippen molar-refractivity contribution in [3.8, 4) is 0 Å². The zero-order valence-corrected chi connectivity index (χ0v) is 9.33. The minimum Gasteiger partial charge on any atom is -0.459 e. The van der Waals surface area contributed by atoms with E-state index in [9.17, 15) is 14.9 Å². The molecule has 92 valence electrons. The summed E-state index contributed by atoms with van der Waals surface area (Å²) in [6.45, 7) is 0.210. The van der Waals surface area contributed by atoms with E-state index in [-0.39, 0.29) is 23.9 Å². The van der Waals surface area contributed by atoms with E-state index in [1.54, 1.807) is 24.3 Å². The third kappa shape index (κ3) is 2.73. The van der Waals surface area contributed by atoms with Crippen molar-refractivity contribution in [2.24, 2.45) is 0 Å². The van der Waals surface area contributed by atoms with Crippen molar-refractivity contribution in [1.29, 1.82) is 0 Å². The quantitative estimate of drug-likeness (QED) is 0.661. The number of hydrogen-bond acceptors (Lipinski definition) is 4. The number of non-ortho nitro benzene ring substituents is 1. The summed E-state index contributed by atoms with van der Waals surface area (Å²) in [6, 6.07) is 9.26. The van der Waals surface area contributed by atoms with Crippen LogP contribution in [0, 0.1) is 10.1 Å². The molecule has 0 bridgehead atoms. The van der Waals surface area contributed by atoms with E-state index in [0.717, 1.165) is 0 Å². The fourth-order valence-electron chi connectivity index (χ4n) is 1.46. The lowest BCUT2D eigenvalue weighted by Crippen LogP contribution is -2.22. The maximum absolute atomic E-state index is 11.6. The average molecular weight is 246 g/mol. The Hall–Kier alpha value is -2.63. The molecule has 0 unspecified atom stereocenters. The molecule has 0 atom stereocenters. The van der Waals surface area contributed by atoms with Gasteiger partial charge in [-0.1, -0.05) is 12.1 Å². The second kappa shape index (κ2) is 5.13. The number of nitrogens with zero attached hydrogens (tertiary/aromatic N) is 1. The molecule has 0 aliphatic rings. The van der Waals surface area contributed by atoms with E-state index in [1.807, 2.05) is 0 Å². The third-order valence-electron chi connectivity index (χ3n) is 2.32. The van der Waals surface area contributed by atoms with Gasteiger partial charge in [0.25, 0.3) is 11.6 Å². The summed E-state index contributed by atoms with van der Waals surface area (Å²) in [4.78, 5) is 21.7. The monoisotopic (exact) mass is 246 g/mol. The maximum Gasteiger partial charge on any atom is 0.287 e. The summed E-state index contributed by atoms with van der Waals surface area (Å²) < 4.78 is 4.93. The van der Waals surface area contributed by atoms with Gasteiger partial charge in [0.15, 0.2) is 5.76 Å². The third-order valence-corrected chi connectivity index (χ3v) is 2.32. The highest BCUT2D eigenvalue weighted by molar-refractivity contribution is 5.91. The normalized spacial score (nSPS) is 10.0. The number of furan rings is 1. The zero-order chi connectivity index (χ0) is 13.0. The van der Waals surface area contributed by atoms with Crippen molar-refractivity contribution < 1.29 is 14.1 Å². The number of carbonyl (C=O) groups excluding carboxylic acids is 1. The number of nitro benzene ring substituents is 1. The highest BCUT2D eigenvalue weighted by atomic mass is 16.6. The van der Waals surface area contributed by atoms with Crippen LogP contribution in [0.1, 0.15) is 16.1 Å². The topological polar surface area (TPSA) is 85.4 Å². The molecular weight excluding hydrogens is 236 g/mol. The summed E-state index contributed by atoms with van der Waals surface area (Å²) in [7, 11) is 0. The molecule has 18 heavy (non-hydrogen) atoms. The van der Waals surface area contributed by atoms with Gasteiger partial charge in [-0.25, -0.2) is 0 Å². The molecule has 0 radical (unpaired) electrons. The van der Waals surface area contributed by atoms with Gasteiger partial charge in [-0.05, 0) is 17.7 Å². The molecule has 0 saturated carbocycles. The number of amides is 1. The number of benzene rings is 1. The van der Waals surface area contributed by atoms with Crippen molar-refractivity contribution in [1.82, 2.24) is 5.32 Å². The molecule has 6 heteroatoms. The van der Waals surface area contributed by atoms with Crippen LogP contribution in [0.5, 0.6) is 0 Å². The van der Waals surface area contributed by atoms with Gasteiger partial charge in [0.05, 0.1) is 11.2 Å². The van der Waals surface area contributed by atoms with Crippen LogP contribution in [0.4, 0.5) is 5.69 Å². The SMILES string of the molecule is O=C(NCc1cccc([N+](=O)[O-])c1)c1ccco1. The Balaban J connectivity index is 2.00. The highest BCUT2D eigenvalue weighted by Gasteiger charge is 2.09. The summed E-state index contributed by atoms with van der Waals surface area (Å²) in [5, 5.41) is 13.2. The van der Waals surface area contributed by atoms with E-state index >= 15 is 0 Å². The van der Waals surface area contributed by atoms with Crippen molar-refractivity contribution in [2.75, 3.05) is 0 Å². The molecule has 0 saturated heterocycles. The molecule has 2 aromatic rings. The van der Waals surface area contributed by atoms with Gasteiger partial charge in [-0.2, -0.15) is 0 Å². The summed E-state index contributed by atoms with van der Waals surface area (Å²) >= 11 is 0. The van der Waals surface area contributed by atoms with E-state index in [0.29, 0.717) is 5.56 Å². The van der Waals surface area contributed by atoms with E-state index in [4.69, 9.17) is 4.42 Å². The molecule has 1 N–H and O–H groups in total. The summed E-state index contributed by atoms with van der Waals surface area (Å²) in [6.07, 6.45) is 1.41. The van der Waals surface area contributed by atoms with Gasteiger partial charge >= 0.3 is 0 Å². The van der Waals surface area contributed by atoms with Crippen LogP contribution in [0.3, 0.4) is 0 Å². The molecule has 1 amide bonds. The second-order valence-corrected chi connectivity index (χ2v) is 3.59. The number of rotatable bonds is 4. The van der Waals surface area contributed by atoms with Crippen LogP contribution in [0.2, 0.25) is 0 Å². The van der Waals surface area contributed by atoms with Crippen LogP contribution in [0.15, 0.2) is 47.1 Å². The minimum absolute atomic E-state index is 0.000234. The standard InChI is InChI=1S/C12H10N2O4/c15-12(11-5-2-6-18-11)13-8-9-3-1-4-10(7-9)14(16)17/h1-7H,8H2,(H,13,15). The fraction of sp³-hybridized carbons (Fsp3) is 0.0833. The van der Waals surface area contributed by atoms with Crippen molar-refractivity contribution in [3.05, 3.63) is 64.1 Å². The average Bonchev–Trinajstić information content (AvgIpc) is 2.90. The Kier molecular flexibility index (Phi) is 3.38. The highest BCUT2D eigenvalue weighted by Crippen LogP contribution is 2.13. The Morgan fingerprint density at radius 1 is 1.33 bits per heavy atom.